The SMILES string of the molecule is CC(C)[C@H](NC(=O)OCc1ccccc1)C(=O)NC(Cc1ccc(OCc2ccccc2)cc1)C(=O)C(F)(F)C(=O)NC(c1ccccc1)c1ccccc1. The summed E-state index contributed by atoms with van der Waals surface area (Å²) < 4.78 is 43.4. The number of hydrogen-bond acceptors (Lipinski definition) is 6. The topological polar surface area (TPSA) is 123 Å². The van der Waals surface area contributed by atoms with E-state index in [1.807, 2.05) is 36.4 Å². The quantitative estimate of drug-likeness (QED) is 0.0856. The Morgan fingerprint density at radius 1 is 0.600 bits per heavy atom. The number of Topliss-reactive ketones (excluding diaryl/α,β-unsaturated/α-hetero) is 1. The molecule has 0 heterocycles. The average molecular weight is 748 g/mol. The van der Waals surface area contributed by atoms with E-state index in [4.69, 9.17) is 9.47 Å². The fourth-order valence-electron chi connectivity index (χ4n) is 5.80. The maximum Gasteiger partial charge on any atom is 0.408 e. The summed E-state index contributed by atoms with van der Waals surface area (Å²) in [5, 5.41) is 7.26. The molecule has 0 saturated heterocycles. The van der Waals surface area contributed by atoms with Gasteiger partial charge in [0.25, 0.3) is 5.91 Å². The smallest absolute Gasteiger partial charge is 0.408 e. The first-order valence-corrected chi connectivity index (χ1v) is 17.9. The number of carbonyl (C=O) groups excluding carboxylic acids is 4. The number of rotatable bonds is 17. The molecule has 5 aromatic carbocycles. The lowest BCUT2D eigenvalue weighted by Crippen LogP contribution is -2.59. The summed E-state index contributed by atoms with van der Waals surface area (Å²) in [6, 6.07) is 37.7. The molecule has 284 valence electrons. The molecule has 5 rings (SSSR count). The molecule has 1 unspecified atom stereocenters. The number of alkyl carbamates (subject to hydrolysis) is 1. The highest BCUT2D eigenvalue weighted by atomic mass is 19.3. The number of benzene rings is 5. The van der Waals surface area contributed by atoms with E-state index >= 15 is 8.78 Å². The van der Waals surface area contributed by atoms with Gasteiger partial charge in [-0.2, -0.15) is 8.78 Å². The molecule has 0 fully saturated rings. The number of ketones is 1. The van der Waals surface area contributed by atoms with Crippen LogP contribution < -0.4 is 20.7 Å². The van der Waals surface area contributed by atoms with E-state index in [1.54, 1.807) is 123 Å². The minimum atomic E-state index is -4.58. The molecule has 0 aliphatic carbocycles. The van der Waals surface area contributed by atoms with Crippen LogP contribution in [0.3, 0.4) is 0 Å². The number of halogens is 2. The predicted molar refractivity (Wildman–Crippen MR) is 204 cm³/mol. The van der Waals surface area contributed by atoms with E-state index in [-0.39, 0.29) is 6.61 Å². The molecule has 0 radical (unpaired) electrons. The van der Waals surface area contributed by atoms with Gasteiger partial charge in [0.05, 0.1) is 12.1 Å². The van der Waals surface area contributed by atoms with E-state index in [9.17, 15) is 19.2 Å². The zero-order valence-electron chi connectivity index (χ0n) is 30.5. The summed E-state index contributed by atoms with van der Waals surface area (Å²) in [6.45, 7) is 3.51. The fraction of sp³-hybridized carbons (Fsp3) is 0.227. The number of hydrogen-bond donors (Lipinski definition) is 3. The molecule has 3 amide bonds. The van der Waals surface area contributed by atoms with Crippen molar-refractivity contribution in [2.75, 3.05) is 0 Å². The zero-order valence-corrected chi connectivity index (χ0v) is 30.5. The Morgan fingerprint density at radius 2 is 1.09 bits per heavy atom. The van der Waals surface area contributed by atoms with Crippen LogP contribution in [0.25, 0.3) is 0 Å². The summed E-state index contributed by atoms with van der Waals surface area (Å²) in [5.41, 5.74) is 3.11. The first-order valence-electron chi connectivity index (χ1n) is 17.9. The van der Waals surface area contributed by atoms with Crippen molar-refractivity contribution in [1.29, 1.82) is 0 Å². The minimum Gasteiger partial charge on any atom is -0.489 e. The normalized spacial score (nSPS) is 12.3. The van der Waals surface area contributed by atoms with Crippen molar-refractivity contribution in [2.24, 2.45) is 5.92 Å². The predicted octanol–water partition coefficient (Wildman–Crippen LogP) is 7.35. The molecule has 9 nitrogen and oxygen atoms in total. The Kier molecular flexibility index (Phi) is 13.8. The van der Waals surface area contributed by atoms with Gasteiger partial charge in [-0.25, -0.2) is 4.79 Å². The molecule has 3 N–H and O–H groups in total. The Hall–Kier alpha value is -6.36. The van der Waals surface area contributed by atoms with Crippen molar-refractivity contribution in [3.05, 3.63) is 173 Å². The summed E-state index contributed by atoms with van der Waals surface area (Å²) in [6.07, 6.45) is -1.31. The van der Waals surface area contributed by atoms with E-state index in [0.717, 1.165) is 5.56 Å². The molecule has 0 aromatic heterocycles. The highest BCUT2D eigenvalue weighted by Crippen LogP contribution is 2.26. The van der Waals surface area contributed by atoms with Gasteiger partial charge in [0.2, 0.25) is 11.7 Å². The van der Waals surface area contributed by atoms with Gasteiger partial charge in [-0.3, -0.25) is 14.4 Å². The monoisotopic (exact) mass is 747 g/mol. The van der Waals surface area contributed by atoms with Crippen LogP contribution in [0.4, 0.5) is 13.6 Å². The van der Waals surface area contributed by atoms with Crippen LogP contribution in [0, 0.1) is 5.92 Å². The maximum atomic E-state index is 16.1. The van der Waals surface area contributed by atoms with Crippen molar-refractivity contribution in [3.8, 4) is 5.75 Å². The second-order valence-electron chi connectivity index (χ2n) is 13.3. The lowest BCUT2D eigenvalue weighted by Gasteiger charge is -2.28. The van der Waals surface area contributed by atoms with Crippen molar-refractivity contribution < 1.29 is 37.4 Å². The van der Waals surface area contributed by atoms with Crippen LogP contribution in [0.1, 0.15) is 47.7 Å². The minimum absolute atomic E-state index is 0.0699. The second kappa shape index (κ2) is 19.1. The van der Waals surface area contributed by atoms with Gasteiger partial charge in [-0.05, 0) is 45.9 Å². The molecule has 0 spiro atoms. The molecule has 2 atom stereocenters. The van der Waals surface area contributed by atoms with Crippen molar-refractivity contribution in [1.82, 2.24) is 16.0 Å². The second-order valence-corrected chi connectivity index (χ2v) is 13.3. The van der Waals surface area contributed by atoms with E-state index < -0.39 is 60.1 Å². The van der Waals surface area contributed by atoms with Gasteiger partial charge in [0.1, 0.15) is 25.0 Å². The third kappa shape index (κ3) is 11.3. The molecular weight excluding hydrogens is 704 g/mol. The van der Waals surface area contributed by atoms with Crippen LogP contribution in [0.5, 0.6) is 5.75 Å². The third-order valence-electron chi connectivity index (χ3n) is 8.82. The number of nitrogens with one attached hydrogen (secondary N) is 3. The lowest BCUT2D eigenvalue weighted by molar-refractivity contribution is -0.160. The number of amides is 3. The van der Waals surface area contributed by atoms with E-state index in [1.165, 1.54) is 0 Å². The van der Waals surface area contributed by atoms with Gasteiger partial charge < -0.3 is 25.4 Å². The fourth-order valence-corrected chi connectivity index (χ4v) is 5.80. The Labute approximate surface area is 319 Å². The Bertz CT molecular complexity index is 1960. The van der Waals surface area contributed by atoms with Crippen LogP contribution >= 0.6 is 0 Å². The summed E-state index contributed by atoms with van der Waals surface area (Å²) in [4.78, 5) is 53.7. The lowest BCUT2D eigenvalue weighted by atomic mass is 9.95. The molecule has 0 aliphatic heterocycles. The van der Waals surface area contributed by atoms with Gasteiger partial charge in [0.15, 0.2) is 0 Å². The van der Waals surface area contributed by atoms with Gasteiger partial charge >= 0.3 is 12.0 Å². The van der Waals surface area contributed by atoms with Crippen molar-refractivity contribution in [2.45, 2.75) is 57.5 Å². The van der Waals surface area contributed by atoms with Crippen LogP contribution in [-0.2, 0) is 38.8 Å². The first-order chi connectivity index (χ1) is 26.5. The molecule has 11 heteroatoms. The van der Waals surface area contributed by atoms with Crippen LogP contribution in [0.2, 0.25) is 0 Å². The van der Waals surface area contributed by atoms with Gasteiger partial charge in [-0.15, -0.1) is 0 Å². The standard InChI is InChI=1S/C44H43F2N3O6/c1-30(2)38(49-43(53)55-29-33-17-9-4-10-18-33)41(51)47-37(27-31-23-25-36(26-24-31)54-28-32-15-7-3-8-16-32)40(50)44(45,46)42(52)48-39(34-19-11-5-12-20-34)35-21-13-6-14-22-35/h3-26,30,37-39H,27-29H2,1-2H3,(H,47,51)(H,48,52)(H,49,53)/t37?,38-/m0/s1. The first kappa shape index (κ1) is 39.8. The molecule has 0 aliphatic rings. The number of alkyl halides is 2. The average Bonchev–Trinajstić information content (AvgIpc) is 3.21. The van der Waals surface area contributed by atoms with Crippen molar-refractivity contribution >= 4 is 23.7 Å². The largest absolute Gasteiger partial charge is 0.489 e. The van der Waals surface area contributed by atoms with E-state index in [0.29, 0.717) is 34.6 Å². The van der Waals surface area contributed by atoms with Gasteiger partial charge in [-0.1, -0.05) is 147 Å². The number of ether oxygens (including phenoxy) is 2. The molecule has 0 bridgehead atoms. The van der Waals surface area contributed by atoms with Crippen molar-refractivity contribution in [3.63, 3.8) is 0 Å². The third-order valence-corrected chi connectivity index (χ3v) is 8.82. The van der Waals surface area contributed by atoms with Crippen LogP contribution in [0.15, 0.2) is 146 Å². The molecule has 5 aromatic rings. The van der Waals surface area contributed by atoms with Crippen LogP contribution in [-0.4, -0.2) is 41.7 Å². The molecule has 0 saturated carbocycles. The number of carbonyl (C=O) groups is 4. The summed E-state index contributed by atoms with van der Waals surface area (Å²) in [5.74, 6) is -9.18. The van der Waals surface area contributed by atoms with E-state index in [2.05, 4.69) is 16.0 Å². The highest BCUT2D eigenvalue weighted by Gasteiger charge is 2.51. The molecular formula is C44H43F2N3O6. The molecule has 55 heavy (non-hydrogen) atoms. The zero-order chi connectivity index (χ0) is 39.2. The summed E-state index contributed by atoms with van der Waals surface area (Å²) in [7, 11) is 0. The maximum absolute atomic E-state index is 16.1. The van der Waals surface area contributed by atoms with Gasteiger partial charge in [0, 0.05) is 6.42 Å². The highest BCUT2D eigenvalue weighted by molar-refractivity contribution is 6.11. The summed E-state index contributed by atoms with van der Waals surface area (Å²) >= 11 is 0. The Balaban J connectivity index is 1.36. The Morgan fingerprint density at radius 3 is 1.60 bits per heavy atom.